The zero-order valence-electron chi connectivity index (χ0n) is 19.9. The lowest BCUT2D eigenvalue weighted by Crippen LogP contribution is -2.33. The number of carbonyl (C=O) groups is 1. The number of thioether (sulfide) groups is 1. The molecule has 12 nitrogen and oxygen atoms in total. The Hall–Kier alpha value is -2.98. The average Bonchev–Trinajstić information content (AvgIpc) is 3.43. The van der Waals surface area contributed by atoms with Crippen molar-refractivity contribution >= 4 is 34.7 Å². The van der Waals surface area contributed by atoms with Crippen LogP contribution >= 0.6 is 11.8 Å². The van der Waals surface area contributed by atoms with Gasteiger partial charge in [-0.1, -0.05) is 23.0 Å². The van der Waals surface area contributed by atoms with Crippen molar-refractivity contribution in [1.29, 1.82) is 0 Å². The number of aliphatic hydroxyl groups excluding tert-OH is 3. The zero-order valence-corrected chi connectivity index (χ0v) is 20.8. The average molecular weight is 553 g/mol. The number of aromatic nitrogens is 5. The highest BCUT2D eigenvalue weighted by atomic mass is 32.2. The van der Waals surface area contributed by atoms with Crippen molar-refractivity contribution in [1.82, 2.24) is 25.0 Å². The van der Waals surface area contributed by atoms with Crippen LogP contribution in [0.25, 0.3) is 11.2 Å². The second kappa shape index (κ2) is 11.0. The molecule has 0 spiro atoms. The molecule has 2 aliphatic carbocycles. The van der Waals surface area contributed by atoms with E-state index >= 15 is 0 Å². The molecule has 2 aliphatic rings. The summed E-state index contributed by atoms with van der Waals surface area (Å²) in [5.41, 5.74) is 1.25. The highest BCUT2D eigenvalue weighted by molar-refractivity contribution is 7.99. The number of fused-ring (bicyclic) bond motifs is 1. The van der Waals surface area contributed by atoms with Gasteiger partial charge in [-0.25, -0.2) is 28.2 Å². The summed E-state index contributed by atoms with van der Waals surface area (Å²) in [6.45, 7) is -0.622. The monoisotopic (exact) mass is 552 g/mol. The molecule has 0 saturated heterocycles. The van der Waals surface area contributed by atoms with Crippen LogP contribution in [0.3, 0.4) is 0 Å². The summed E-state index contributed by atoms with van der Waals surface area (Å²) < 4.78 is 33.7. The highest BCUT2D eigenvalue weighted by Crippen LogP contribution is 2.44. The topological polar surface area (TPSA) is 176 Å². The fraction of sp³-hybridized carbons (Fsp3) is 0.522. The van der Waals surface area contributed by atoms with E-state index < -0.39 is 48.6 Å². The molecule has 0 aliphatic heterocycles. The molecule has 6 unspecified atom stereocenters. The molecule has 5 rings (SSSR count). The first-order valence-electron chi connectivity index (χ1n) is 12.0. The lowest BCUT2D eigenvalue weighted by Gasteiger charge is -2.17. The van der Waals surface area contributed by atoms with Crippen LogP contribution in [0.2, 0.25) is 0 Å². The van der Waals surface area contributed by atoms with Crippen molar-refractivity contribution in [2.45, 2.75) is 60.7 Å². The minimum Gasteiger partial charge on any atom is -0.480 e. The van der Waals surface area contributed by atoms with E-state index in [9.17, 15) is 23.8 Å². The third-order valence-corrected chi connectivity index (χ3v) is 7.59. The number of nitrogens with one attached hydrogen (secondary N) is 1. The molecular formula is C23H26F2N6O6S. The third kappa shape index (κ3) is 5.42. The number of halogens is 2. The van der Waals surface area contributed by atoms with Gasteiger partial charge in [0.15, 0.2) is 33.8 Å². The van der Waals surface area contributed by atoms with E-state index in [2.05, 4.69) is 25.6 Å². The Morgan fingerprint density at radius 1 is 1.18 bits per heavy atom. The standard InChI is InChI=1S/C23H26F2N6O6S/c24-12-3-2-10(6-13(12)25)11-7-14(11)26-21-18-22(28-23(27-21)38-5-1-4-32)31(30-29-18)15-8-16(20(36)19(15)35)37-9-17(33)34/h2-3,6,11,14-16,19-20,32,35-36H,1,4-5,7-9H2,(H,33,34)(H,26,27,28). The number of aliphatic carboxylic acids is 1. The number of hydrogen-bond acceptors (Lipinski definition) is 11. The summed E-state index contributed by atoms with van der Waals surface area (Å²) >= 11 is 1.31. The van der Waals surface area contributed by atoms with Crippen LogP contribution < -0.4 is 5.32 Å². The Kier molecular flexibility index (Phi) is 7.72. The summed E-state index contributed by atoms with van der Waals surface area (Å²) in [6.07, 6.45) is -2.31. The predicted octanol–water partition coefficient (Wildman–Crippen LogP) is 1.08. The molecule has 1 aromatic carbocycles. The van der Waals surface area contributed by atoms with Gasteiger partial charge in [0.2, 0.25) is 0 Å². The number of benzene rings is 1. The van der Waals surface area contributed by atoms with Crippen molar-refractivity contribution in [2.24, 2.45) is 0 Å². The van der Waals surface area contributed by atoms with Crippen LogP contribution in [-0.2, 0) is 9.53 Å². The largest absolute Gasteiger partial charge is 0.480 e. The Balaban J connectivity index is 1.42. The van der Waals surface area contributed by atoms with E-state index in [1.807, 2.05) is 0 Å². The van der Waals surface area contributed by atoms with Gasteiger partial charge in [0.1, 0.15) is 18.8 Å². The zero-order chi connectivity index (χ0) is 27.0. The maximum absolute atomic E-state index is 13.7. The second-order valence-corrected chi connectivity index (χ2v) is 10.3. The molecular weight excluding hydrogens is 526 g/mol. The lowest BCUT2D eigenvalue weighted by molar-refractivity contribution is -0.147. The van der Waals surface area contributed by atoms with Crippen molar-refractivity contribution in [3.05, 3.63) is 35.4 Å². The van der Waals surface area contributed by atoms with Gasteiger partial charge in [-0.3, -0.25) is 0 Å². The minimum atomic E-state index is -1.33. The van der Waals surface area contributed by atoms with E-state index in [4.69, 9.17) is 14.9 Å². The summed E-state index contributed by atoms with van der Waals surface area (Å²) in [7, 11) is 0. The van der Waals surface area contributed by atoms with E-state index in [0.29, 0.717) is 40.6 Å². The number of ether oxygens (including phenoxy) is 1. The second-order valence-electron chi connectivity index (χ2n) is 9.28. The van der Waals surface area contributed by atoms with Crippen LogP contribution in [0.4, 0.5) is 14.6 Å². The number of hydrogen-bond donors (Lipinski definition) is 5. The summed E-state index contributed by atoms with van der Waals surface area (Å²) in [4.78, 5) is 20.0. The van der Waals surface area contributed by atoms with Crippen molar-refractivity contribution in [3.8, 4) is 0 Å². The summed E-state index contributed by atoms with van der Waals surface area (Å²) in [5, 5.41) is 51.1. The quantitative estimate of drug-likeness (QED) is 0.130. The smallest absolute Gasteiger partial charge is 0.329 e. The van der Waals surface area contributed by atoms with Gasteiger partial charge >= 0.3 is 5.97 Å². The van der Waals surface area contributed by atoms with E-state index in [1.165, 1.54) is 22.5 Å². The van der Waals surface area contributed by atoms with Crippen molar-refractivity contribution in [3.63, 3.8) is 0 Å². The van der Waals surface area contributed by atoms with Gasteiger partial charge in [0, 0.05) is 30.7 Å². The number of carboxylic acids is 1. The molecule has 15 heteroatoms. The molecule has 0 radical (unpaired) electrons. The fourth-order valence-corrected chi connectivity index (χ4v) is 5.38. The van der Waals surface area contributed by atoms with Crippen LogP contribution in [0, 0.1) is 11.6 Å². The summed E-state index contributed by atoms with van der Waals surface area (Å²) in [5.74, 6) is -2.17. The van der Waals surface area contributed by atoms with Gasteiger partial charge in [-0.05, 0) is 30.5 Å². The van der Waals surface area contributed by atoms with E-state index in [-0.39, 0.29) is 30.6 Å². The maximum Gasteiger partial charge on any atom is 0.329 e. The molecule has 204 valence electrons. The minimum absolute atomic E-state index is 0.00170. The predicted molar refractivity (Wildman–Crippen MR) is 130 cm³/mol. The first-order chi connectivity index (χ1) is 18.3. The van der Waals surface area contributed by atoms with Gasteiger partial charge in [0.25, 0.3) is 0 Å². The first kappa shape index (κ1) is 26.6. The molecule has 5 N–H and O–H groups in total. The van der Waals surface area contributed by atoms with Crippen LogP contribution in [0.1, 0.15) is 36.8 Å². The number of anilines is 1. The van der Waals surface area contributed by atoms with Crippen molar-refractivity contribution < 1.29 is 38.7 Å². The number of carboxylic acid groups (broad SMARTS) is 1. The lowest BCUT2D eigenvalue weighted by atomic mass is 10.1. The molecule has 2 aromatic heterocycles. The normalized spacial score (nSPS) is 26.7. The van der Waals surface area contributed by atoms with E-state index in [0.717, 1.165) is 6.07 Å². The third-order valence-electron chi connectivity index (χ3n) is 6.66. The number of nitrogens with zero attached hydrogens (tertiary/aromatic N) is 5. The van der Waals surface area contributed by atoms with Gasteiger partial charge < -0.3 is 30.5 Å². The molecule has 2 heterocycles. The highest BCUT2D eigenvalue weighted by Gasteiger charge is 2.45. The maximum atomic E-state index is 13.7. The van der Waals surface area contributed by atoms with Gasteiger partial charge in [-0.15, -0.1) is 5.10 Å². The Morgan fingerprint density at radius 3 is 2.74 bits per heavy atom. The SMILES string of the molecule is O=C(O)COC1CC(n2nnc3c(NC4CC4c4ccc(F)c(F)c4)nc(SCCCO)nc32)C(O)C1O. The number of rotatable bonds is 11. The van der Waals surface area contributed by atoms with Crippen LogP contribution in [0.5, 0.6) is 0 Å². The molecule has 38 heavy (non-hydrogen) atoms. The van der Waals surface area contributed by atoms with Crippen LogP contribution in [0.15, 0.2) is 23.4 Å². The Morgan fingerprint density at radius 2 is 2.00 bits per heavy atom. The van der Waals surface area contributed by atoms with Gasteiger partial charge in [0.05, 0.1) is 12.1 Å². The fourth-order valence-electron chi connectivity index (χ4n) is 4.62. The summed E-state index contributed by atoms with van der Waals surface area (Å²) in [6, 6.07) is 2.91. The molecule has 6 atom stereocenters. The van der Waals surface area contributed by atoms with Gasteiger partial charge in [-0.2, -0.15) is 0 Å². The first-order valence-corrected chi connectivity index (χ1v) is 13.0. The van der Waals surface area contributed by atoms with Crippen molar-refractivity contribution in [2.75, 3.05) is 24.3 Å². The molecule has 0 bridgehead atoms. The molecule has 2 saturated carbocycles. The van der Waals surface area contributed by atoms with Crippen LogP contribution in [-0.4, -0.2) is 94.7 Å². The molecule has 3 aromatic rings. The number of aliphatic hydroxyl groups is 3. The Labute approximate surface area is 219 Å². The Bertz CT molecular complexity index is 1330. The molecule has 2 fully saturated rings. The van der Waals surface area contributed by atoms with E-state index in [1.54, 1.807) is 6.07 Å². The molecule has 0 amide bonds.